The average Bonchev–Trinajstić information content (AvgIpc) is 3.06. The SMILES string of the molecule is Nc1nccnc1C(=O)Nc1ccc(-n2nccc2C(F)(F)F)cc1. The van der Waals surface area contributed by atoms with Crippen molar-refractivity contribution < 1.29 is 18.0 Å². The molecule has 3 aromatic rings. The first kappa shape index (κ1) is 16.4. The smallest absolute Gasteiger partial charge is 0.382 e. The molecule has 0 atom stereocenters. The Kier molecular flexibility index (Phi) is 4.09. The Hall–Kier alpha value is -3.43. The predicted octanol–water partition coefficient (Wildman–Crippen LogP) is 2.52. The number of carbonyl (C=O) groups excluding carboxylic acids is 1. The first-order valence-corrected chi connectivity index (χ1v) is 6.96. The molecule has 0 fully saturated rings. The van der Waals surface area contributed by atoms with Crippen LogP contribution in [0.25, 0.3) is 5.69 Å². The van der Waals surface area contributed by atoms with Crippen LogP contribution in [0.15, 0.2) is 48.9 Å². The van der Waals surface area contributed by atoms with Crippen LogP contribution >= 0.6 is 0 Å². The Bertz CT molecular complexity index is 904. The van der Waals surface area contributed by atoms with Gasteiger partial charge in [-0.25, -0.2) is 14.6 Å². The number of aromatic nitrogens is 4. The first-order chi connectivity index (χ1) is 11.9. The zero-order valence-electron chi connectivity index (χ0n) is 12.5. The minimum atomic E-state index is -4.52. The van der Waals surface area contributed by atoms with E-state index in [0.717, 1.165) is 16.9 Å². The Morgan fingerprint density at radius 2 is 1.72 bits per heavy atom. The van der Waals surface area contributed by atoms with Crippen LogP contribution in [0.2, 0.25) is 0 Å². The largest absolute Gasteiger partial charge is 0.433 e. The Labute approximate surface area is 139 Å². The molecule has 0 saturated heterocycles. The van der Waals surface area contributed by atoms with Gasteiger partial charge in [-0.1, -0.05) is 0 Å². The number of alkyl halides is 3. The van der Waals surface area contributed by atoms with E-state index in [2.05, 4.69) is 20.4 Å². The second-order valence-electron chi connectivity index (χ2n) is 4.92. The lowest BCUT2D eigenvalue weighted by molar-refractivity contribution is -0.142. The highest BCUT2D eigenvalue weighted by atomic mass is 19.4. The van der Waals surface area contributed by atoms with Gasteiger partial charge in [-0.3, -0.25) is 4.79 Å². The molecule has 25 heavy (non-hydrogen) atoms. The lowest BCUT2D eigenvalue weighted by Gasteiger charge is -2.11. The standard InChI is InChI=1S/C15H11F3N6O/c16-15(17,18)11-5-6-22-24(11)10-3-1-9(2-4-10)23-14(25)12-13(19)21-8-7-20-12/h1-8H,(H2,19,21)(H,23,25). The summed E-state index contributed by atoms with van der Waals surface area (Å²) >= 11 is 0. The van der Waals surface area contributed by atoms with E-state index in [-0.39, 0.29) is 17.2 Å². The van der Waals surface area contributed by atoms with Gasteiger partial charge in [0, 0.05) is 18.1 Å². The third kappa shape index (κ3) is 3.42. The normalized spacial score (nSPS) is 11.3. The highest BCUT2D eigenvalue weighted by Crippen LogP contribution is 2.30. The summed E-state index contributed by atoms with van der Waals surface area (Å²) in [5.74, 6) is -0.601. The Morgan fingerprint density at radius 1 is 1.04 bits per heavy atom. The number of nitrogens with one attached hydrogen (secondary N) is 1. The molecule has 0 radical (unpaired) electrons. The maximum absolute atomic E-state index is 12.9. The first-order valence-electron chi connectivity index (χ1n) is 6.96. The van der Waals surface area contributed by atoms with Crippen molar-refractivity contribution in [3.8, 4) is 5.69 Å². The molecule has 7 nitrogen and oxygen atoms in total. The van der Waals surface area contributed by atoms with E-state index >= 15 is 0 Å². The summed E-state index contributed by atoms with van der Waals surface area (Å²) in [4.78, 5) is 19.7. The van der Waals surface area contributed by atoms with Gasteiger partial charge in [0.05, 0.1) is 11.9 Å². The fourth-order valence-corrected chi connectivity index (χ4v) is 2.12. The summed E-state index contributed by atoms with van der Waals surface area (Å²) in [5, 5.41) is 6.22. The van der Waals surface area contributed by atoms with Crippen molar-refractivity contribution in [2.45, 2.75) is 6.18 Å². The number of carbonyl (C=O) groups is 1. The summed E-state index contributed by atoms with van der Waals surface area (Å²) in [6, 6.07) is 6.57. The number of benzene rings is 1. The maximum Gasteiger partial charge on any atom is 0.433 e. The van der Waals surface area contributed by atoms with E-state index < -0.39 is 17.8 Å². The number of rotatable bonds is 3. The highest BCUT2D eigenvalue weighted by molar-refractivity contribution is 6.05. The van der Waals surface area contributed by atoms with Crippen LogP contribution in [-0.4, -0.2) is 25.7 Å². The molecule has 0 spiro atoms. The minimum absolute atomic E-state index is 0.0250. The van der Waals surface area contributed by atoms with E-state index in [1.807, 2.05) is 0 Å². The van der Waals surface area contributed by atoms with Crippen molar-refractivity contribution in [3.05, 3.63) is 60.3 Å². The second-order valence-corrected chi connectivity index (χ2v) is 4.92. The van der Waals surface area contributed by atoms with E-state index in [1.165, 1.54) is 36.7 Å². The molecule has 0 aliphatic heterocycles. The molecule has 128 valence electrons. The molecule has 1 aromatic carbocycles. The molecule has 0 aliphatic carbocycles. The predicted molar refractivity (Wildman–Crippen MR) is 83.0 cm³/mol. The molecule has 10 heteroatoms. The van der Waals surface area contributed by atoms with Crippen molar-refractivity contribution in [1.29, 1.82) is 0 Å². The molecule has 2 heterocycles. The zero-order chi connectivity index (χ0) is 18.0. The Balaban J connectivity index is 1.81. The second kappa shape index (κ2) is 6.23. The molecule has 0 saturated carbocycles. The van der Waals surface area contributed by atoms with Crippen molar-refractivity contribution in [1.82, 2.24) is 19.7 Å². The van der Waals surface area contributed by atoms with Crippen molar-refractivity contribution in [2.24, 2.45) is 0 Å². The van der Waals surface area contributed by atoms with Gasteiger partial charge < -0.3 is 11.1 Å². The molecule has 3 rings (SSSR count). The van der Waals surface area contributed by atoms with Crippen LogP contribution in [0.5, 0.6) is 0 Å². The third-order valence-electron chi connectivity index (χ3n) is 3.24. The summed E-state index contributed by atoms with van der Waals surface area (Å²) in [7, 11) is 0. The molecule has 3 N–H and O–H groups in total. The average molecular weight is 348 g/mol. The molecule has 0 unspecified atom stereocenters. The number of nitrogens with zero attached hydrogens (tertiary/aromatic N) is 4. The zero-order valence-corrected chi connectivity index (χ0v) is 12.5. The number of hydrogen-bond acceptors (Lipinski definition) is 5. The van der Waals surface area contributed by atoms with Crippen molar-refractivity contribution in [3.63, 3.8) is 0 Å². The number of nitrogens with two attached hydrogens (primary N) is 1. The summed E-state index contributed by atoms with van der Waals surface area (Å²) in [6.07, 6.45) is -0.782. The highest BCUT2D eigenvalue weighted by Gasteiger charge is 2.35. The fraction of sp³-hybridized carbons (Fsp3) is 0.0667. The topological polar surface area (TPSA) is 98.7 Å². The number of amides is 1. The van der Waals surface area contributed by atoms with Crippen molar-refractivity contribution >= 4 is 17.4 Å². The van der Waals surface area contributed by atoms with E-state index in [9.17, 15) is 18.0 Å². The lowest BCUT2D eigenvalue weighted by Crippen LogP contribution is -2.16. The number of nitrogen functional groups attached to an aromatic ring is 1. The maximum atomic E-state index is 12.9. The van der Waals surface area contributed by atoms with Crippen molar-refractivity contribution in [2.75, 3.05) is 11.1 Å². The van der Waals surface area contributed by atoms with Gasteiger partial charge in [0.1, 0.15) is 5.69 Å². The van der Waals surface area contributed by atoms with Gasteiger partial charge in [-0.15, -0.1) is 0 Å². The van der Waals surface area contributed by atoms with Gasteiger partial charge in [-0.05, 0) is 30.3 Å². The number of halogens is 3. The molecule has 0 bridgehead atoms. The van der Waals surface area contributed by atoms with Gasteiger partial charge in [-0.2, -0.15) is 18.3 Å². The molecule has 0 aliphatic rings. The minimum Gasteiger partial charge on any atom is -0.382 e. The Morgan fingerprint density at radius 3 is 2.36 bits per heavy atom. The fourth-order valence-electron chi connectivity index (χ4n) is 2.12. The van der Waals surface area contributed by atoms with Crippen LogP contribution in [-0.2, 0) is 6.18 Å². The van der Waals surface area contributed by atoms with Crippen LogP contribution in [0.4, 0.5) is 24.7 Å². The monoisotopic (exact) mass is 348 g/mol. The summed E-state index contributed by atoms with van der Waals surface area (Å²) < 4.78 is 39.5. The molecule has 1 amide bonds. The number of anilines is 2. The van der Waals surface area contributed by atoms with Gasteiger partial charge in [0.25, 0.3) is 5.91 Å². The van der Waals surface area contributed by atoms with E-state index in [0.29, 0.717) is 5.69 Å². The van der Waals surface area contributed by atoms with E-state index in [1.54, 1.807) is 0 Å². The summed E-state index contributed by atoms with van der Waals surface area (Å²) in [5.41, 5.74) is 5.20. The quantitative estimate of drug-likeness (QED) is 0.758. The number of hydrogen-bond donors (Lipinski definition) is 2. The van der Waals surface area contributed by atoms with Gasteiger partial charge in [0.15, 0.2) is 11.5 Å². The van der Waals surface area contributed by atoms with Crippen LogP contribution in [0.3, 0.4) is 0 Å². The van der Waals surface area contributed by atoms with E-state index in [4.69, 9.17) is 5.73 Å². The van der Waals surface area contributed by atoms with Gasteiger partial charge in [0.2, 0.25) is 0 Å². The summed E-state index contributed by atoms with van der Waals surface area (Å²) in [6.45, 7) is 0. The third-order valence-corrected chi connectivity index (χ3v) is 3.24. The molecule has 2 aromatic heterocycles. The van der Waals surface area contributed by atoms with Crippen LogP contribution in [0.1, 0.15) is 16.2 Å². The molecular formula is C15H11F3N6O. The molecular weight excluding hydrogens is 337 g/mol. The lowest BCUT2D eigenvalue weighted by atomic mass is 10.2. The van der Waals surface area contributed by atoms with Crippen LogP contribution in [0, 0.1) is 0 Å². The van der Waals surface area contributed by atoms with Crippen LogP contribution < -0.4 is 11.1 Å². The van der Waals surface area contributed by atoms with Gasteiger partial charge >= 0.3 is 6.18 Å².